The predicted molar refractivity (Wildman–Crippen MR) is 164 cm³/mol. The van der Waals surface area contributed by atoms with Crippen LogP contribution in [0.5, 0.6) is 0 Å². The highest BCUT2D eigenvalue weighted by molar-refractivity contribution is 7.31. The van der Waals surface area contributed by atoms with Crippen LogP contribution in [0.25, 0.3) is 40.5 Å². The zero-order valence-corrected chi connectivity index (χ0v) is 24.5. The zero-order valence-electron chi connectivity index (χ0n) is 22.1. The maximum atomic E-state index is 12.7. The van der Waals surface area contributed by atoms with Gasteiger partial charge in [-0.3, -0.25) is 10.1 Å². The van der Waals surface area contributed by atoms with E-state index in [0.717, 1.165) is 45.9 Å². The number of aryl methyl sites for hydroxylation is 1. The molecule has 4 aromatic heterocycles. The lowest BCUT2D eigenvalue weighted by Crippen LogP contribution is -2.18. The van der Waals surface area contributed by atoms with Crippen molar-refractivity contribution in [3.05, 3.63) is 77.2 Å². The van der Waals surface area contributed by atoms with Gasteiger partial charge in [-0.1, -0.05) is 41.6 Å². The highest BCUT2D eigenvalue weighted by atomic mass is 32.1. The van der Waals surface area contributed by atoms with Crippen LogP contribution in [0, 0.1) is 0 Å². The van der Waals surface area contributed by atoms with Crippen molar-refractivity contribution in [1.29, 1.82) is 0 Å². The molecule has 1 atom stereocenters. The van der Waals surface area contributed by atoms with Gasteiger partial charge in [0, 0.05) is 26.0 Å². The Balaban J connectivity index is 1.14. The first-order valence-corrected chi connectivity index (χ1v) is 15.6. The summed E-state index contributed by atoms with van der Waals surface area (Å²) >= 11 is 4.87. The molecule has 0 saturated heterocycles. The normalized spacial score (nSPS) is 14.8. The number of ether oxygens (including phenoxy) is 1. The number of benzene rings is 2. The van der Waals surface area contributed by atoms with E-state index in [9.17, 15) is 14.7 Å². The topological polar surface area (TPSA) is 106 Å². The quantitative estimate of drug-likeness (QED) is 0.192. The van der Waals surface area contributed by atoms with E-state index in [1.807, 2.05) is 42.6 Å². The number of nitrogens with one attached hydrogen (secondary N) is 1. The smallest absolute Gasteiger partial charge is 0.413 e. The summed E-state index contributed by atoms with van der Waals surface area (Å²) in [6.07, 6.45) is 0.403. The fraction of sp³-hybridized carbons (Fsp3) is 0.200. The monoisotopic (exact) mass is 600 g/mol. The standard InChI is InChI=1S/C30H24N4O4S3/c1-16(17-6-4-3-5-7-17)38-29(37)31-27-26(32-33-34(27)2)25-14-24-23(41-25)13-22(40-24)18-8-9-21-19(12-18)20(15-39-21)30(10-11-30)28(35)36/h3-9,12-16H,10-11H2,1-2H3,(H,31,37)(H,35,36)/t16-/m1/s1. The van der Waals surface area contributed by atoms with Crippen LogP contribution >= 0.6 is 34.0 Å². The number of hydrogen-bond acceptors (Lipinski definition) is 8. The zero-order chi connectivity index (χ0) is 28.3. The molecule has 0 spiro atoms. The van der Waals surface area contributed by atoms with Crippen LogP contribution in [0.1, 0.15) is 37.0 Å². The lowest BCUT2D eigenvalue weighted by atomic mass is 9.95. The number of fused-ring (bicyclic) bond motifs is 2. The third-order valence-electron chi connectivity index (χ3n) is 7.57. The molecule has 1 fully saturated rings. The van der Waals surface area contributed by atoms with E-state index in [0.29, 0.717) is 24.4 Å². The number of amides is 1. The fourth-order valence-corrected chi connectivity index (χ4v) is 8.53. The minimum absolute atomic E-state index is 0.408. The molecule has 8 nitrogen and oxygen atoms in total. The van der Waals surface area contributed by atoms with Gasteiger partial charge in [0.25, 0.3) is 0 Å². The summed E-state index contributed by atoms with van der Waals surface area (Å²) < 4.78 is 10.4. The van der Waals surface area contributed by atoms with Gasteiger partial charge in [0.1, 0.15) is 11.8 Å². The molecule has 0 bridgehead atoms. The molecule has 2 N–H and O–H groups in total. The Morgan fingerprint density at radius 3 is 2.49 bits per heavy atom. The number of rotatable bonds is 7. The molecule has 0 unspecified atom stereocenters. The van der Waals surface area contributed by atoms with Crippen LogP contribution < -0.4 is 5.32 Å². The Morgan fingerprint density at radius 2 is 1.76 bits per heavy atom. The first-order valence-electron chi connectivity index (χ1n) is 13.0. The van der Waals surface area contributed by atoms with E-state index in [2.05, 4.69) is 46.0 Å². The summed E-state index contributed by atoms with van der Waals surface area (Å²) in [7, 11) is 1.73. The van der Waals surface area contributed by atoms with Gasteiger partial charge < -0.3 is 9.84 Å². The number of carbonyl (C=O) groups is 2. The number of carboxylic acid groups (broad SMARTS) is 1. The van der Waals surface area contributed by atoms with Gasteiger partial charge in [-0.25, -0.2) is 9.48 Å². The molecule has 1 amide bonds. The Kier molecular flexibility index (Phi) is 6.18. The second kappa shape index (κ2) is 9.79. The first kappa shape index (κ1) is 25.9. The second-order valence-corrected chi connectivity index (χ2v) is 13.3. The van der Waals surface area contributed by atoms with Gasteiger partial charge in [0.15, 0.2) is 5.82 Å². The molecule has 0 aliphatic heterocycles. The summed E-state index contributed by atoms with van der Waals surface area (Å²) in [5, 5.41) is 24.2. The molecular formula is C30H24N4O4S3. The Labute approximate surface area is 246 Å². The summed E-state index contributed by atoms with van der Waals surface area (Å²) in [5.41, 5.74) is 2.77. The molecule has 1 saturated carbocycles. The Hall–Kier alpha value is -4.06. The van der Waals surface area contributed by atoms with Crippen molar-refractivity contribution in [2.24, 2.45) is 7.05 Å². The van der Waals surface area contributed by atoms with Gasteiger partial charge >= 0.3 is 12.1 Å². The summed E-state index contributed by atoms with van der Waals surface area (Å²) in [4.78, 5) is 26.7. The number of thiophene rings is 3. The molecule has 206 valence electrons. The lowest BCUT2D eigenvalue weighted by molar-refractivity contribution is -0.139. The minimum atomic E-state index is -0.733. The van der Waals surface area contributed by atoms with Crippen LogP contribution in [-0.2, 0) is 22.0 Å². The predicted octanol–water partition coefficient (Wildman–Crippen LogP) is 8.07. The molecular weight excluding hydrogens is 577 g/mol. The molecule has 2 aromatic carbocycles. The van der Waals surface area contributed by atoms with E-state index < -0.39 is 23.6 Å². The van der Waals surface area contributed by atoms with Crippen molar-refractivity contribution in [2.45, 2.75) is 31.3 Å². The van der Waals surface area contributed by atoms with E-state index in [1.54, 1.807) is 41.1 Å². The Morgan fingerprint density at radius 1 is 1.02 bits per heavy atom. The number of anilines is 1. The van der Waals surface area contributed by atoms with Crippen LogP contribution in [0.4, 0.5) is 10.6 Å². The van der Waals surface area contributed by atoms with E-state index >= 15 is 0 Å². The van der Waals surface area contributed by atoms with Gasteiger partial charge in [0.05, 0.1) is 10.3 Å². The van der Waals surface area contributed by atoms with Gasteiger partial charge in [-0.15, -0.1) is 39.1 Å². The molecule has 1 aliphatic carbocycles. The molecule has 11 heteroatoms. The summed E-state index contributed by atoms with van der Waals surface area (Å²) in [5.74, 6) is -0.268. The third-order valence-corrected chi connectivity index (χ3v) is 10.9. The highest BCUT2D eigenvalue weighted by Crippen LogP contribution is 2.52. The van der Waals surface area contributed by atoms with Crippen molar-refractivity contribution in [2.75, 3.05) is 5.32 Å². The molecule has 7 rings (SSSR count). The van der Waals surface area contributed by atoms with Crippen LogP contribution in [0.2, 0.25) is 0 Å². The van der Waals surface area contributed by atoms with Gasteiger partial charge in [0.2, 0.25) is 0 Å². The van der Waals surface area contributed by atoms with Crippen LogP contribution in [0.3, 0.4) is 0 Å². The molecule has 0 radical (unpaired) electrons. The third kappa shape index (κ3) is 4.50. The van der Waals surface area contributed by atoms with Crippen molar-refractivity contribution >= 4 is 71.4 Å². The molecule has 1 aliphatic rings. The second-order valence-electron chi connectivity index (χ2n) is 10.2. The Bertz CT molecular complexity index is 1920. The molecule has 4 heterocycles. The van der Waals surface area contributed by atoms with Crippen LogP contribution in [0.15, 0.2) is 66.0 Å². The van der Waals surface area contributed by atoms with Crippen LogP contribution in [-0.4, -0.2) is 32.2 Å². The van der Waals surface area contributed by atoms with E-state index in [4.69, 9.17) is 4.74 Å². The maximum Gasteiger partial charge on any atom is 0.413 e. The fourth-order valence-electron chi connectivity index (χ4n) is 5.11. The SMILES string of the molecule is C[C@@H](OC(=O)Nc1c(-c2cc3sc(-c4ccc5scc(C6(C(=O)O)CC6)c5c4)cc3s2)nnn1C)c1ccccc1. The van der Waals surface area contributed by atoms with Gasteiger partial charge in [-0.2, -0.15) is 0 Å². The van der Waals surface area contributed by atoms with Gasteiger partial charge in [-0.05, 0) is 71.5 Å². The number of aliphatic carboxylic acids is 1. The maximum absolute atomic E-state index is 12.7. The molecule has 6 aromatic rings. The lowest BCUT2D eigenvalue weighted by Gasteiger charge is -2.14. The number of hydrogen-bond donors (Lipinski definition) is 2. The van der Waals surface area contributed by atoms with Crippen molar-refractivity contribution in [1.82, 2.24) is 15.0 Å². The number of carboxylic acids is 1. The minimum Gasteiger partial charge on any atom is -0.481 e. The molecule has 41 heavy (non-hydrogen) atoms. The van der Waals surface area contributed by atoms with Crippen molar-refractivity contribution in [3.63, 3.8) is 0 Å². The van der Waals surface area contributed by atoms with E-state index in [1.165, 1.54) is 4.68 Å². The van der Waals surface area contributed by atoms with Crippen molar-refractivity contribution < 1.29 is 19.4 Å². The highest BCUT2D eigenvalue weighted by Gasteiger charge is 2.52. The average molecular weight is 601 g/mol. The number of aromatic nitrogens is 3. The summed E-state index contributed by atoms with van der Waals surface area (Å²) in [6.45, 7) is 1.83. The summed E-state index contributed by atoms with van der Waals surface area (Å²) in [6, 6.07) is 20.1. The number of carbonyl (C=O) groups excluding carboxylic acids is 1. The number of nitrogens with zero attached hydrogens (tertiary/aromatic N) is 3. The van der Waals surface area contributed by atoms with Crippen molar-refractivity contribution in [3.8, 4) is 21.0 Å². The first-order chi connectivity index (χ1) is 19.8. The largest absolute Gasteiger partial charge is 0.481 e. The van der Waals surface area contributed by atoms with E-state index in [-0.39, 0.29) is 0 Å². The average Bonchev–Trinajstić information content (AvgIpc) is 3.21.